The lowest BCUT2D eigenvalue weighted by Gasteiger charge is -1.94. The summed E-state index contributed by atoms with van der Waals surface area (Å²) in [7, 11) is 1.75. The van der Waals surface area contributed by atoms with E-state index in [2.05, 4.69) is 15.0 Å². The molecule has 0 saturated heterocycles. The summed E-state index contributed by atoms with van der Waals surface area (Å²) in [5.74, 6) is -0.310. The molecule has 0 amide bonds. The molecule has 0 spiro atoms. The van der Waals surface area contributed by atoms with Crippen molar-refractivity contribution in [1.82, 2.24) is 15.0 Å². The zero-order valence-electron chi connectivity index (χ0n) is 6.44. The van der Waals surface area contributed by atoms with Gasteiger partial charge in [0.25, 0.3) is 0 Å². The van der Waals surface area contributed by atoms with E-state index in [1.54, 1.807) is 17.9 Å². The van der Waals surface area contributed by atoms with Crippen LogP contribution in [-0.2, 0) is 23.2 Å². The average molecular weight is 155 g/mol. The highest BCUT2D eigenvalue weighted by Crippen LogP contribution is 1.93. The van der Waals surface area contributed by atoms with Gasteiger partial charge >= 0.3 is 5.97 Å². The van der Waals surface area contributed by atoms with Gasteiger partial charge < -0.3 is 4.74 Å². The molecule has 11 heavy (non-hydrogen) atoms. The first-order chi connectivity index (χ1) is 5.18. The number of ether oxygens (including phenoxy) is 1. The van der Waals surface area contributed by atoms with Crippen LogP contribution in [-0.4, -0.2) is 21.0 Å². The van der Waals surface area contributed by atoms with E-state index in [9.17, 15) is 4.79 Å². The number of aryl methyl sites for hydroxylation is 1. The van der Waals surface area contributed by atoms with E-state index < -0.39 is 0 Å². The van der Waals surface area contributed by atoms with Gasteiger partial charge in [0.15, 0.2) is 0 Å². The van der Waals surface area contributed by atoms with Crippen LogP contribution in [0.5, 0.6) is 0 Å². The Morgan fingerprint density at radius 1 is 1.82 bits per heavy atom. The highest BCUT2D eigenvalue weighted by atomic mass is 16.5. The Bertz CT molecular complexity index is 256. The number of hydrogen-bond acceptors (Lipinski definition) is 4. The molecule has 0 aliphatic heterocycles. The van der Waals surface area contributed by atoms with Crippen molar-refractivity contribution in [2.75, 3.05) is 0 Å². The smallest absolute Gasteiger partial charge is 0.303 e. The molecule has 5 heteroatoms. The Hall–Kier alpha value is -1.39. The average Bonchev–Trinajstić information content (AvgIpc) is 2.31. The van der Waals surface area contributed by atoms with Crippen molar-refractivity contribution in [3.63, 3.8) is 0 Å². The predicted molar refractivity (Wildman–Crippen MR) is 36.5 cm³/mol. The fraction of sp³-hybridized carbons (Fsp3) is 0.500. The summed E-state index contributed by atoms with van der Waals surface area (Å²) >= 11 is 0. The minimum absolute atomic E-state index is 0.198. The Balaban J connectivity index is 2.45. The Kier molecular flexibility index (Phi) is 2.20. The lowest BCUT2D eigenvalue weighted by molar-refractivity contribution is -0.142. The Morgan fingerprint density at radius 2 is 2.55 bits per heavy atom. The molecule has 0 atom stereocenters. The molecule has 0 fully saturated rings. The van der Waals surface area contributed by atoms with Gasteiger partial charge in [-0.1, -0.05) is 5.21 Å². The molecule has 0 N–H and O–H groups in total. The highest BCUT2D eigenvalue weighted by Gasteiger charge is 1.99. The lowest BCUT2D eigenvalue weighted by atomic mass is 10.5. The molecule has 1 rings (SSSR count). The molecule has 0 aliphatic carbocycles. The second-order valence-electron chi connectivity index (χ2n) is 2.16. The summed E-state index contributed by atoms with van der Waals surface area (Å²) < 4.78 is 6.24. The maximum absolute atomic E-state index is 10.3. The van der Waals surface area contributed by atoms with E-state index in [-0.39, 0.29) is 12.6 Å². The second kappa shape index (κ2) is 3.14. The molecule has 0 aliphatic rings. The van der Waals surface area contributed by atoms with Crippen LogP contribution in [0.1, 0.15) is 12.6 Å². The van der Waals surface area contributed by atoms with E-state index in [4.69, 9.17) is 0 Å². The number of esters is 1. The summed E-state index contributed by atoms with van der Waals surface area (Å²) in [6.45, 7) is 1.56. The molecule has 0 radical (unpaired) electrons. The summed E-state index contributed by atoms with van der Waals surface area (Å²) in [5.41, 5.74) is 0.655. The van der Waals surface area contributed by atoms with E-state index >= 15 is 0 Å². The monoisotopic (exact) mass is 155 g/mol. The van der Waals surface area contributed by atoms with Crippen LogP contribution in [0.15, 0.2) is 6.20 Å². The van der Waals surface area contributed by atoms with Crippen molar-refractivity contribution in [3.8, 4) is 0 Å². The minimum Gasteiger partial charge on any atom is -0.459 e. The number of carbonyl (C=O) groups is 1. The van der Waals surface area contributed by atoms with Gasteiger partial charge in [-0.25, -0.2) is 0 Å². The van der Waals surface area contributed by atoms with Gasteiger partial charge in [0.1, 0.15) is 12.3 Å². The van der Waals surface area contributed by atoms with Gasteiger partial charge in [0.2, 0.25) is 0 Å². The van der Waals surface area contributed by atoms with Crippen LogP contribution in [0.25, 0.3) is 0 Å². The van der Waals surface area contributed by atoms with Crippen LogP contribution < -0.4 is 0 Å². The zero-order valence-corrected chi connectivity index (χ0v) is 6.44. The first-order valence-corrected chi connectivity index (χ1v) is 3.17. The fourth-order valence-electron chi connectivity index (χ4n) is 0.637. The van der Waals surface area contributed by atoms with Crippen molar-refractivity contribution in [3.05, 3.63) is 11.9 Å². The van der Waals surface area contributed by atoms with E-state index in [1.165, 1.54) is 6.92 Å². The molecular formula is C6H9N3O2. The summed E-state index contributed by atoms with van der Waals surface area (Å²) in [6, 6.07) is 0. The van der Waals surface area contributed by atoms with Gasteiger partial charge in [0.05, 0.1) is 6.20 Å². The normalized spacial score (nSPS) is 9.64. The van der Waals surface area contributed by atoms with Crippen LogP contribution in [0.4, 0.5) is 0 Å². The topological polar surface area (TPSA) is 57.0 Å². The molecule has 0 bridgehead atoms. The largest absolute Gasteiger partial charge is 0.459 e. The predicted octanol–water partition coefficient (Wildman–Crippen LogP) is -0.122. The molecule has 5 nitrogen and oxygen atoms in total. The van der Waals surface area contributed by atoms with Crippen molar-refractivity contribution in [1.29, 1.82) is 0 Å². The molecule has 0 aromatic carbocycles. The van der Waals surface area contributed by atoms with Crippen molar-refractivity contribution < 1.29 is 9.53 Å². The van der Waals surface area contributed by atoms with E-state index in [0.29, 0.717) is 5.69 Å². The molecule has 60 valence electrons. The number of aromatic nitrogens is 3. The lowest BCUT2D eigenvalue weighted by Crippen LogP contribution is -1.98. The van der Waals surface area contributed by atoms with Gasteiger partial charge in [-0.3, -0.25) is 9.48 Å². The summed E-state index contributed by atoms with van der Waals surface area (Å²) in [6.07, 6.45) is 1.70. The third kappa shape index (κ3) is 2.37. The van der Waals surface area contributed by atoms with Gasteiger partial charge in [-0.05, 0) is 0 Å². The summed E-state index contributed by atoms with van der Waals surface area (Å²) in [5, 5.41) is 7.39. The van der Waals surface area contributed by atoms with Crippen LogP contribution in [0.3, 0.4) is 0 Å². The quantitative estimate of drug-likeness (QED) is 0.558. The van der Waals surface area contributed by atoms with Crippen molar-refractivity contribution in [2.24, 2.45) is 7.05 Å². The Morgan fingerprint density at radius 3 is 3.00 bits per heavy atom. The van der Waals surface area contributed by atoms with E-state index in [0.717, 1.165) is 0 Å². The van der Waals surface area contributed by atoms with Gasteiger partial charge in [-0.15, -0.1) is 5.10 Å². The number of carbonyl (C=O) groups excluding carboxylic acids is 1. The molecule has 1 heterocycles. The standard InChI is InChI=1S/C6H9N3O2/c1-5(10)11-4-6-3-9(2)8-7-6/h3H,4H2,1-2H3. The SMILES string of the molecule is CC(=O)OCc1cn(C)nn1. The Labute approximate surface area is 64.0 Å². The molecule has 1 aromatic heterocycles. The molecule has 0 unspecified atom stereocenters. The van der Waals surface area contributed by atoms with Gasteiger partial charge in [-0.2, -0.15) is 0 Å². The van der Waals surface area contributed by atoms with E-state index in [1.807, 2.05) is 0 Å². The summed E-state index contributed by atoms with van der Waals surface area (Å²) in [4.78, 5) is 10.3. The van der Waals surface area contributed by atoms with Crippen LogP contribution in [0, 0.1) is 0 Å². The highest BCUT2D eigenvalue weighted by molar-refractivity contribution is 5.65. The van der Waals surface area contributed by atoms with Crippen LogP contribution >= 0.6 is 0 Å². The number of hydrogen-bond donors (Lipinski definition) is 0. The third-order valence-electron chi connectivity index (χ3n) is 1.07. The second-order valence-corrected chi connectivity index (χ2v) is 2.16. The molecule has 0 saturated carbocycles. The maximum Gasteiger partial charge on any atom is 0.303 e. The number of rotatable bonds is 2. The molecule has 1 aromatic rings. The fourth-order valence-corrected chi connectivity index (χ4v) is 0.637. The third-order valence-corrected chi connectivity index (χ3v) is 1.07. The first kappa shape index (κ1) is 7.71. The first-order valence-electron chi connectivity index (χ1n) is 3.17. The maximum atomic E-state index is 10.3. The van der Waals surface area contributed by atoms with Gasteiger partial charge in [0, 0.05) is 14.0 Å². The number of nitrogens with zero attached hydrogens (tertiary/aromatic N) is 3. The van der Waals surface area contributed by atoms with Crippen LogP contribution in [0.2, 0.25) is 0 Å². The van der Waals surface area contributed by atoms with Crippen molar-refractivity contribution in [2.45, 2.75) is 13.5 Å². The zero-order chi connectivity index (χ0) is 8.27. The van der Waals surface area contributed by atoms with Crippen molar-refractivity contribution >= 4 is 5.97 Å². The minimum atomic E-state index is -0.310. The molecular weight excluding hydrogens is 146 g/mol.